The smallest absolute Gasteiger partial charge is 0.324 e. The maximum Gasteiger partial charge on any atom is 0.324 e. The molecule has 6 bridgehead atoms. The molecule has 2 aromatic carbocycles. The minimum Gasteiger partial charge on any atom is -0.597 e. The van der Waals surface area contributed by atoms with Gasteiger partial charge in [0.15, 0.2) is 0 Å². The second-order valence-corrected chi connectivity index (χ2v) is 27.3. The van der Waals surface area contributed by atoms with Crippen LogP contribution in [0.3, 0.4) is 0 Å². The van der Waals surface area contributed by atoms with Gasteiger partial charge in [-0.2, -0.15) is 0 Å². The molecule has 75 heavy (non-hydrogen) atoms. The van der Waals surface area contributed by atoms with E-state index in [0.29, 0.717) is 75.8 Å². The van der Waals surface area contributed by atoms with Crippen LogP contribution in [-0.2, 0) is 54.7 Å². The average Bonchev–Trinajstić information content (AvgIpc) is 4.26. The molecule has 8 atom stereocenters. The summed E-state index contributed by atoms with van der Waals surface area (Å²) in [5, 5.41) is 17.1. The average molecular weight is 1050 g/mol. The number of aryl methyl sites for hydroxylation is 1. The predicted octanol–water partition coefficient (Wildman–Crippen LogP) is 7.74. The minimum atomic E-state index is -1.12. The molecule has 4 saturated heterocycles. The Morgan fingerprint density at radius 3 is 2.47 bits per heavy atom. The zero-order chi connectivity index (χ0) is 53.5. The Morgan fingerprint density at radius 1 is 1.00 bits per heavy atom. The summed E-state index contributed by atoms with van der Waals surface area (Å²) in [6.07, 6.45) is 7.16. The highest BCUT2D eigenvalue weighted by molar-refractivity contribution is 7.90. The number of esters is 1. The predicted molar refractivity (Wildman–Crippen MR) is 292 cm³/mol. The van der Waals surface area contributed by atoms with Crippen molar-refractivity contribution in [2.75, 3.05) is 39.3 Å². The monoisotopic (exact) mass is 1040 g/mol. The molecule has 404 valence electrons. The molecule has 5 fully saturated rings. The van der Waals surface area contributed by atoms with Gasteiger partial charge >= 0.3 is 5.97 Å². The summed E-state index contributed by atoms with van der Waals surface area (Å²) < 4.78 is 24.0. The van der Waals surface area contributed by atoms with Crippen molar-refractivity contribution < 1.29 is 33.6 Å². The van der Waals surface area contributed by atoms with Gasteiger partial charge in [-0.3, -0.25) is 29.2 Å². The molecule has 10 rings (SSSR count). The van der Waals surface area contributed by atoms with Gasteiger partial charge in [0.05, 0.1) is 35.5 Å². The molecule has 4 aromatic rings. The number of carbonyl (C=O) groups is 4. The van der Waals surface area contributed by atoms with Crippen molar-refractivity contribution in [1.82, 2.24) is 39.4 Å². The third-order valence-corrected chi connectivity index (χ3v) is 18.8. The molecular weight excluding hydrogens is 965 g/mol. The molecule has 7 heterocycles. The Kier molecular flexibility index (Phi) is 14.5. The van der Waals surface area contributed by atoms with Crippen LogP contribution in [0.1, 0.15) is 131 Å². The summed E-state index contributed by atoms with van der Waals surface area (Å²) in [5.41, 5.74) is 9.66. The molecule has 3 amide bonds. The summed E-state index contributed by atoms with van der Waals surface area (Å²) in [5.74, 6) is -0.800. The van der Waals surface area contributed by atoms with E-state index in [4.69, 9.17) is 9.72 Å². The van der Waals surface area contributed by atoms with Crippen LogP contribution in [-0.4, -0.2) is 136 Å². The summed E-state index contributed by atoms with van der Waals surface area (Å²) in [6.45, 7) is 24.4. The topological polar surface area (TPSA) is 175 Å². The zero-order valence-corrected chi connectivity index (χ0v) is 46.7. The normalized spacial score (nSPS) is 27.3. The van der Waals surface area contributed by atoms with E-state index < -0.39 is 58.1 Å². The number of cyclic esters (lactones) is 1. The fourth-order valence-corrected chi connectivity index (χ4v) is 14.5. The number of nitrogens with one attached hydrogen (secondary N) is 2. The molecule has 2 aromatic heterocycles. The van der Waals surface area contributed by atoms with Crippen molar-refractivity contribution in [3.05, 3.63) is 71.5 Å². The van der Waals surface area contributed by atoms with Crippen molar-refractivity contribution in [3.63, 3.8) is 0 Å². The van der Waals surface area contributed by atoms with Crippen LogP contribution in [0.2, 0.25) is 0 Å². The molecular formula is C59H80N8O7S. The van der Waals surface area contributed by atoms with E-state index in [0.717, 1.165) is 57.6 Å². The highest BCUT2D eigenvalue weighted by Crippen LogP contribution is 2.52. The van der Waals surface area contributed by atoms with Gasteiger partial charge < -0.3 is 34.1 Å². The van der Waals surface area contributed by atoms with Crippen LogP contribution in [0.25, 0.3) is 33.3 Å². The summed E-state index contributed by atoms with van der Waals surface area (Å²) in [7, 11) is 0. The van der Waals surface area contributed by atoms with Crippen LogP contribution in [0.4, 0.5) is 0 Å². The van der Waals surface area contributed by atoms with Gasteiger partial charge in [0.1, 0.15) is 28.6 Å². The van der Waals surface area contributed by atoms with Crippen LogP contribution >= 0.6 is 0 Å². The number of hydrogen-bond acceptors (Lipinski definition) is 11. The highest BCUT2D eigenvalue weighted by Gasteiger charge is 2.65. The lowest BCUT2D eigenvalue weighted by Gasteiger charge is -2.37. The number of phenolic OH excluding ortho intramolecular Hbond substituents is 1. The number of benzene rings is 2. The molecule has 0 radical (unpaired) electrons. The molecule has 5 aliphatic heterocycles. The Bertz CT molecular complexity index is 2850. The Labute approximate surface area is 446 Å². The van der Waals surface area contributed by atoms with Crippen molar-refractivity contribution in [2.45, 2.75) is 168 Å². The van der Waals surface area contributed by atoms with E-state index >= 15 is 0 Å². The number of hydrogen-bond donors (Lipinski definition) is 3. The van der Waals surface area contributed by atoms with Crippen molar-refractivity contribution >= 4 is 46.0 Å². The summed E-state index contributed by atoms with van der Waals surface area (Å²) in [4.78, 5) is 67.9. The van der Waals surface area contributed by atoms with E-state index in [1.807, 2.05) is 52.9 Å². The number of hydrazine groups is 1. The first-order valence-electron chi connectivity index (χ1n) is 27.8. The van der Waals surface area contributed by atoms with E-state index in [1.165, 1.54) is 17.9 Å². The van der Waals surface area contributed by atoms with E-state index in [9.17, 15) is 28.8 Å². The highest BCUT2D eigenvalue weighted by atomic mass is 32.2. The summed E-state index contributed by atoms with van der Waals surface area (Å²) >= 11 is -1.09. The van der Waals surface area contributed by atoms with Gasteiger partial charge in [-0.05, 0) is 156 Å². The molecule has 2 unspecified atom stereocenters. The van der Waals surface area contributed by atoms with E-state index in [-0.39, 0.29) is 47.3 Å². The lowest BCUT2D eigenvalue weighted by Crippen LogP contribution is -2.62. The lowest BCUT2D eigenvalue weighted by molar-refractivity contribution is -0.155. The number of rotatable bonds is 11. The number of amides is 3. The van der Waals surface area contributed by atoms with Gasteiger partial charge in [-0.1, -0.05) is 53.7 Å². The first-order valence-corrected chi connectivity index (χ1v) is 28.9. The first kappa shape index (κ1) is 53.4. The zero-order valence-electron chi connectivity index (χ0n) is 45.9. The van der Waals surface area contributed by atoms with Gasteiger partial charge in [-0.15, -0.1) is 4.31 Å². The van der Waals surface area contributed by atoms with E-state index in [2.05, 4.69) is 83.4 Å². The van der Waals surface area contributed by atoms with Crippen LogP contribution in [0, 0.1) is 22.7 Å². The first-order chi connectivity index (χ1) is 35.6. The number of likely N-dealkylation sites (tertiary alicyclic amines) is 2. The van der Waals surface area contributed by atoms with Crippen molar-refractivity contribution in [3.8, 4) is 28.1 Å². The minimum absolute atomic E-state index is 0.0251. The van der Waals surface area contributed by atoms with Crippen LogP contribution < -0.4 is 10.7 Å². The lowest BCUT2D eigenvalue weighted by atomic mass is 9.83. The number of carbonyl (C=O) groups excluding carboxylic acids is 4. The maximum atomic E-state index is 15.0. The molecule has 6 aliphatic rings. The molecule has 1 aliphatic carbocycles. The maximum absolute atomic E-state index is 15.0. The fraction of sp³-hybridized carbons (Fsp3) is 0.610. The number of aromatic nitrogens is 2. The number of nitrogens with zero attached hydrogens (tertiary/aromatic N) is 6. The van der Waals surface area contributed by atoms with Gasteiger partial charge in [0.25, 0.3) is 5.91 Å². The van der Waals surface area contributed by atoms with E-state index in [1.54, 1.807) is 17.0 Å². The third-order valence-electron chi connectivity index (χ3n) is 16.9. The number of fused-ring (bicyclic) bond motifs is 6. The van der Waals surface area contributed by atoms with Crippen molar-refractivity contribution in [1.29, 1.82) is 0 Å². The van der Waals surface area contributed by atoms with Crippen LogP contribution in [0.5, 0.6) is 5.75 Å². The van der Waals surface area contributed by atoms with Crippen molar-refractivity contribution in [2.24, 2.45) is 22.7 Å². The molecule has 16 heteroatoms. The third kappa shape index (κ3) is 10.5. The molecule has 3 N–H and O–H groups in total. The Balaban J connectivity index is 0.955. The SMILES string of the molecule is CCn1c(-c2cccnc2C(C)C)c2c3cc(ccc31)-c1cc(O)cc(c1)C[C@H](NC(=O)[C@H](C(C)C)N1CC[C@]3(CCN(C[C@H]4[C@@H](C5CC5)N4[S+]([O-])C(C)(C)C)C3)C1=O)C(=O)N1CCC[C@H](N1)C(=O)OCC(C)(C)C2. The standard InChI is InChI=1S/C59H80N8O7S/c1-11-64-47-19-18-39-30-43(47)44(52(64)42-14-12-22-60-49(42)35(2)3)31-58(9,10)34-74-55(71)45-15-13-23-66(62-45)54(70)46(28-37-26-40(39)29-41(68)27-37)61-53(69)50(36(4)5)65-25-21-59(56(65)72)20-24-63(33-59)32-48-51(38-16-17-38)67(48)75(73)57(6,7)8/h12,14,18-19,22,26-27,29-30,35-36,38,45-46,48,50-51,62,68H,11,13,15-17,20-21,23-25,28,31-34H2,1-10H3,(H,61,69)/t45-,46-,48-,50-,51+,59-,67?,75?/m0/s1. The fourth-order valence-electron chi connectivity index (χ4n) is 13.0. The molecule has 1 saturated carbocycles. The number of pyridine rings is 1. The largest absolute Gasteiger partial charge is 0.597 e. The van der Waals surface area contributed by atoms with Gasteiger partial charge in [0, 0.05) is 78.6 Å². The number of aromatic hydroxyl groups is 1. The number of ether oxygens (including phenoxy) is 1. The Morgan fingerprint density at radius 2 is 1.76 bits per heavy atom. The number of phenols is 1. The van der Waals surface area contributed by atoms with Gasteiger partial charge in [-0.25, -0.2) is 5.43 Å². The summed E-state index contributed by atoms with van der Waals surface area (Å²) in [6, 6.07) is 13.7. The quantitative estimate of drug-likeness (QED) is 0.0762. The second-order valence-electron chi connectivity index (χ2n) is 25.1. The second kappa shape index (κ2) is 20.4. The molecule has 1 spiro atoms. The molecule has 15 nitrogen and oxygen atoms in total. The van der Waals surface area contributed by atoms with Crippen LogP contribution in [0.15, 0.2) is 54.7 Å². The van der Waals surface area contributed by atoms with Gasteiger partial charge in [0.2, 0.25) is 11.8 Å². The Hall–Kier alpha value is -5.00.